The third-order valence-electron chi connectivity index (χ3n) is 4.91. The number of carbonyl (C=O) groups excluding carboxylic acids is 1. The number of imidazole rings is 1. The summed E-state index contributed by atoms with van der Waals surface area (Å²) < 4.78 is 2.05. The maximum atomic E-state index is 12.7. The molecule has 2 fully saturated rings. The lowest BCUT2D eigenvalue weighted by Crippen LogP contribution is -2.32. The Labute approximate surface area is 139 Å². The van der Waals surface area contributed by atoms with Gasteiger partial charge in [0.1, 0.15) is 5.82 Å². The zero-order valence-corrected chi connectivity index (χ0v) is 14.3. The average Bonchev–Trinajstić information content (AvgIpc) is 3.24. The van der Waals surface area contributed by atoms with E-state index >= 15 is 0 Å². The lowest BCUT2D eigenvalue weighted by molar-refractivity contribution is -0.131. The van der Waals surface area contributed by atoms with Crippen molar-refractivity contribution < 1.29 is 4.79 Å². The Morgan fingerprint density at radius 2 is 2.17 bits per heavy atom. The zero-order chi connectivity index (χ0) is 16.0. The minimum atomic E-state index is 0.148. The molecule has 2 aromatic rings. The number of thiazole rings is 1. The Balaban J connectivity index is 1.38. The molecule has 6 nitrogen and oxygen atoms in total. The van der Waals surface area contributed by atoms with E-state index in [-0.39, 0.29) is 5.92 Å². The highest BCUT2D eigenvalue weighted by Gasteiger charge is 2.46. The maximum Gasteiger partial charge on any atom is 0.227 e. The Kier molecular flexibility index (Phi) is 3.69. The van der Waals surface area contributed by atoms with Crippen LogP contribution < -0.4 is 0 Å². The van der Waals surface area contributed by atoms with Gasteiger partial charge in [0.25, 0.3) is 0 Å². The molecule has 0 unspecified atom stereocenters. The molecule has 2 saturated heterocycles. The van der Waals surface area contributed by atoms with Gasteiger partial charge in [0.2, 0.25) is 5.91 Å². The summed E-state index contributed by atoms with van der Waals surface area (Å²) in [6.45, 7) is 6.19. The number of fused-ring (bicyclic) bond motifs is 1. The van der Waals surface area contributed by atoms with Crippen molar-refractivity contribution in [3.8, 4) is 0 Å². The quantitative estimate of drug-likeness (QED) is 0.847. The first-order valence-electron chi connectivity index (χ1n) is 7.98. The molecular weight excluding hydrogens is 310 g/mol. The van der Waals surface area contributed by atoms with Gasteiger partial charge in [-0.2, -0.15) is 0 Å². The molecule has 2 aromatic heterocycles. The molecule has 0 aromatic carbocycles. The molecule has 4 heterocycles. The fourth-order valence-electron chi connectivity index (χ4n) is 3.73. The largest absolute Gasteiger partial charge is 0.337 e. The summed E-state index contributed by atoms with van der Waals surface area (Å²) in [4.78, 5) is 25.9. The number of likely N-dealkylation sites (tertiary alicyclic amines) is 2. The molecule has 7 heteroatoms. The van der Waals surface area contributed by atoms with Crippen molar-refractivity contribution >= 4 is 17.2 Å². The molecule has 0 saturated carbocycles. The molecule has 23 heavy (non-hydrogen) atoms. The molecule has 0 aliphatic carbocycles. The lowest BCUT2D eigenvalue weighted by Gasteiger charge is -2.20. The first kappa shape index (κ1) is 14.8. The molecule has 2 aliphatic heterocycles. The molecule has 4 rings (SSSR count). The lowest BCUT2D eigenvalue weighted by atomic mass is 10.0. The summed E-state index contributed by atoms with van der Waals surface area (Å²) in [5, 5.41) is 3.12. The summed E-state index contributed by atoms with van der Waals surface area (Å²) in [6, 6.07) is 0. The van der Waals surface area contributed by atoms with Gasteiger partial charge >= 0.3 is 0 Å². The predicted octanol–water partition coefficient (Wildman–Crippen LogP) is 1.28. The van der Waals surface area contributed by atoms with Crippen LogP contribution in [0.5, 0.6) is 0 Å². The molecule has 0 radical (unpaired) electrons. The molecule has 1 amide bonds. The standard InChI is InChI=1S/C16H21N5OS/c1-11-18-13(10-23-11)7-21-6-12-5-20(8-14(12)16(21)22)9-15-17-3-4-19(15)2/h3-4,10,12,14H,5-9H2,1-2H3/t12-,14-/m0/s1. The molecule has 0 bridgehead atoms. The number of nitrogens with zero attached hydrogens (tertiary/aromatic N) is 5. The summed E-state index contributed by atoms with van der Waals surface area (Å²) in [5.41, 5.74) is 1.02. The van der Waals surface area contributed by atoms with Crippen LogP contribution in [0.2, 0.25) is 0 Å². The van der Waals surface area contributed by atoms with Crippen LogP contribution in [0.15, 0.2) is 17.8 Å². The molecule has 0 N–H and O–H groups in total. The van der Waals surface area contributed by atoms with E-state index in [0.717, 1.165) is 42.7 Å². The van der Waals surface area contributed by atoms with E-state index in [1.165, 1.54) is 0 Å². The number of amides is 1. The topological polar surface area (TPSA) is 54.3 Å². The van der Waals surface area contributed by atoms with Crippen molar-refractivity contribution in [2.75, 3.05) is 19.6 Å². The molecular formula is C16H21N5OS. The van der Waals surface area contributed by atoms with Gasteiger partial charge in [-0.25, -0.2) is 9.97 Å². The molecule has 122 valence electrons. The van der Waals surface area contributed by atoms with Crippen molar-refractivity contribution in [3.05, 3.63) is 34.3 Å². The third-order valence-corrected chi connectivity index (χ3v) is 5.73. The van der Waals surface area contributed by atoms with Gasteiger partial charge in [0, 0.05) is 50.4 Å². The van der Waals surface area contributed by atoms with Crippen LogP contribution >= 0.6 is 11.3 Å². The summed E-state index contributed by atoms with van der Waals surface area (Å²) in [5.74, 6) is 1.95. The maximum absolute atomic E-state index is 12.7. The van der Waals surface area contributed by atoms with Crippen LogP contribution in [0.1, 0.15) is 16.5 Å². The van der Waals surface area contributed by atoms with Gasteiger partial charge in [-0.1, -0.05) is 0 Å². The number of aryl methyl sites for hydroxylation is 2. The smallest absolute Gasteiger partial charge is 0.227 e. The number of aromatic nitrogens is 3. The van der Waals surface area contributed by atoms with E-state index in [4.69, 9.17) is 0 Å². The van der Waals surface area contributed by atoms with E-state index in [9.17, 15) is 4.79 Å². The number of rotatable bonds is 4. The second kappa shape index (κ2) is 5.72. The minimum absolute atomic E-state index is 0.148. The van der Waals surface area contributed by atoms with Crippen molar-refractivity contribution in [2.45, 2.75) is 20.0 Å². The van der Waals surface area contributed by atoms with Crippen molar-refractivity contribution in [3.63, 3.8) is 0 Å². The average molecular weight is 331 g/mol. The second-order valence-electron chi connectivity index (χ2n) is 6.59. The monoisotopic (exact) mass is 331 g/mol. The van der Waals surface area contributed by atoms with Crippen molar-refractivity contribution in [1.82, 2.24) is 24.3 Å². The SMILES string of the molecule is Cc1nc(CN2C[C@@H]3CN(Cc4nccn4C)C[C@@H]3C2=O)cs1. The van der Waals surface area contributed by atoms with E-state index in [1.807, 2.05) is 35.8 Å². The normalized spacial score (nSPS) is 24.6. The number of carbonyl (C=O) groups is 1. The Bertz CT molecular complexity index is 724. The first-order chi connectivity index (χ1) is 11.1. The van der Waals surface area contributed by atoms with Crippen LogP contribution in [0.3, 0.4) is 0 Å². The summed E-state index contributed by atoms with van der Waals surface area (Å²) >= 11 is 1.65. The highest BCUT2D eigenvalue weighted by atomic mass is 32.1. The van der Waals surface area contributed by atoms with Crippen LogP contribution in [0.25, 0.3) is 0 Å². The van der Waals surface area contributed by atoms with Crippen LogP contribution in [-0.2, 0) is 24.9 Å². The molecule has 0 spiro atoms. The van der Waals surface area contributed by atoms with E-state index in [2.05, 4.69) is 20.2 Å². The predicted molar refractivity (Wildman–Crippen MR) is 87.7 cm³/mol. The van der Waals surface area contributed by atoms with Crippen LogP contribution in [0, 0.1) is 18.8 Å². The second-order valence-corrected chi connectivity index (χ2v) is 7.65. The van der Waals surface area contributed by atoms with Crippen LogP contribution in [-0.4, -0.2) is 49.9 Å². The van der Waals surface area contributed by atoms with E-state index < -0.39 is 0 Å². The van der Waals surface area contributed by atoms with Gasteiger partial charge in [-0.15, -0.1) is 11.3 Å². The van der Waals surface area contributed by atoms with Crippen molar-refractivity contribution in [2.24, 2.45) is 18.9 Å². The Hall–Kier alpha value is -1.73. The fourth-order valence-corrected chi connectivity index (χ4v) is 4.33. The highest BCUT2D eigenvalue weighted by molar-refractivity contribution is 7.09. The van der Waals surface area contributed by atoms with Gasteiger partial charge in [-0.3, -0.25) is 9.69 Å². The molecule has 2 aliphatic rings. The van der Waals surface area contributed by atoms with Gasteiger partial charge in [0.05, 0.1) is 29.7 Å². The van der Waals surface area contributed by atoms with Gasteiger partial charge in [0.15, 0.2) is 0 Å². The summed E-state index contributed by atoms with van der Waals surface area (Å²) in [7, 11) is 2.02. The third kappa shape index (κ3) is 2.79. The summed E-state index contributed by atoms with van der Waals surface area (Å²) in [6.07, 6.45) is 3.80. The Morgan fingerprint density at radius 1 is 1.30 bits per heavy atom. The highest BCUT2D eigenvalue weighted by Crippen LogP contribution is 2.33. The van der Waals surface area contributed by atoms with Gasteiger partial charge < -0.3 is 9.47 Å². The van der Waals surface area contributed by atoms with Gasteiger partial charge in [-0.05, 0) is 6.92 Å². The number of hydrogen-bond acceptors (Lipinski definition) is 5. The molecule has 2 atom stereocenters. The Morgan fingerprint density at radius 3 is 2.83 bits per heavy atom. The van der Waals surface area contributed by atoms with E-state index in [0.29, 0.717) is 18.4 Å². The van der Waals surface area contributed by atoms with Crippen LogP contribution in [0.4, 0.5) is 0 Å². The fraction of sp³-hybridized carbons (Fsp3) is 0.562. The van der Waals surface area contributed by atoms with Crippen molar-refractivity contribution in [1.29, 1.82) is 0 Å². The van der Waals surface area contributed by atoms with E-state index in [1.54, 1.807) is 11.3 Å². The minimum Gasteiger partial charge on any atom is -0.337 e. The first-order valence-corrected chi connectivity index (χ1v) is 8.86. The zero-order valence-electron chi connectivity index (χ0n) is 13.5. The number of hydrogen-bond donors (Lipinski definition) is 0.